The van der Waals surface area contributed by atoms with Gasteiger partial charge in [-0.2, -0.15) is 13.5 Å². The second-order valence-corrected chi connectivity index (χ2v) is 5.31. The van der Waals surface area contributed by atoms with E-state index in [4.69, 9.17) is 0 Å². The maximum atomic E-state index is 12.7. The van der Waals surface area contributed by atoms with E-state index in [0.29, 0.717) is 5.69 Å². The Labute approximate surface area is 97.9 Å². The summed E-state index contributed by atoms with van der Waals surface area (Å²) in [6, 6.07) is 6.55. The van der Waals surface area contributed by atoms with E-state index in [9.17, 15) is 12.8 Å². The molecule has 1 aromatic carbocycles. The van der Waals surface area contributed by atoms with Crippen molar-refractivity contribution >= 4 is 15.7 Å². The number of halogens is 1. The highest BCUT2D eigenvalue weighted by molar-refractivity contribution is 7.92. The van der Waals surface area contributed by atoms with Gasteiger partial charge in [0.2, 0.25) is 0 Å². The molecule has 0 spiro atoms. The van der Waals surface area contributed by atoms with E-state index in [1.54, 1.807) is 0 Å². The molecule has 2 aromatic rings. The molecule has 0 aliphatic rings. The molecule has 0 amide bonds. The van der Waals surface area contributed by atoms with Crippen molar-refractivity contribution in [2.24, 2.45) is 0 Å². The van der Waals surface area contributed by atoms with Crippen LogP contribution in [0.15, 0.2) is 41.6 Å². The minimum Gasteiger partial charge on any atom is -0.268 e. The number of aromatic amines is 1. The summed E-state index contributed by atoms with van der Waals surface area (Å²) >= 11 is 0. The average molecular weight is 255 g/mol. The number of hydrogen-bond acceptors (Lipinski definition) is 3. The first-order valence-corrected chi connectivity index (χ1v) is 6.20. The zero-order chi connectivity index (χ0) is 12.5. The molecule has 2 rings (SSSR count). The Balaban J connectivity index is 2.38. The van der Waals surface area contributed by atoms with Crippen LogP contribution in [0.4, 0.5) is 10.1 Å². The second kappa shape index (κ2) is 4.17. The number of hydrogen-bond donors (Lipinski definition) is 1. The summed E-state index contributed by atoms with van der Waals surface area (Å²) in [5.74, 6) is -0.416. The van der Waals surface area contributed by atoms with Gasteiger partial charge >= 0.3 is 0 Å². The molecule has 7 heteroatoms. The Morgan fingerprint density at radius 2 is 1.88 bits per heavy atom. The summed E-state index contributed by atoms with van der Waals surface area (Å²) in [7, 11) is -2.28. The third kappa shape index (κ3) is 2.14. The van der Waals surface area contributed by atoms with Crippen molar-refractivity contribution in [3.05, 3.63) is 42.3 Å². The number of nitrogens with one attached hydrogen (secondary N) is 1. The van der Waals surface area contributed by atoms with Gasteiger partial charge in [0.15, 0.2) is 5.03 Å². The molecule has 1 aromatic heterocycles. The number of nitrogens with zero attached hydrogens (tertiary/aromatic N) is 2. The molecule has 0 radical (unpaired) electrons. The molecule has 0 aliphatic carbocycles. The van der Waals surface area contributed by atoms with Crippen molar-refractivity contribution in [2.45, 2.75) is 5.03 Å². The lowest BCUT2D eigenvalue weighted by molar-refractivity contribution is 0.590. The van der Waals surface area contributed by atoms with Gasteiger partial charge in [-0.05, 0) is 30.3 Å². The topological polar surface area (TPSA) is 66.1 Å². The molecule has 5 nitrogen and oxygen atoms in total. The molecule has 0 unspecified atom stereocenters. The molecule has 0 bridgehead atoms. The summed E-state index contributed by atoms with van der Waals surface area (Å²) in [5, 5.41) is 5.96. The van der Waals surface area contributed by atoms with Crippen molar-refractivity contribution < 1.29 is 12.8 Å². The van der Waals surface area contributed by atoms with E-state index < -0.39 is 15.8 Å². The summed E-state index contributed by atoms with van der Waals surface area (Å²) in [6.45, 7) is 0. The molecule has 0 fully saturated rings. The quantitative estimate of drug-likeness (QED) is 0.900. The van der Waals surface area contributed by atoms with E-state index in [1.807, 2.05) is 0 Å². The Bertz CT molecular complexity index is 593. The number of rotatable bonds is 3. The van der Waals surface area contributed by atoms with Crippen LogP contribution in [-0.2, 0) is 10.0 Å². The van der Waals surface area contributed by atoms with Crippen molar-refractivity contribution in [1.82, 2.24) is 10.2 Å². The highest BCUT2D eigenvalue weighted by Crippen LogP contribution is 2.20. The Morgan fingerprint density at radius 3 is 2.41 bits per heavy atom. The van der Waals surface area contributed by atoms with E-state index in [0.717, 1.165) is 4.31 Å². The van der Waals surface area contributed by atoms with E-state index >= 15 is 0 Å². The van der Waals surface area contributed by atoms with Crippen LogP contribution in [0.5, 0.6) is 0 Å². The number of anilines is 1. The van der Waals surface area contributed by atoms with Crippen LogP contribution >= 0.6 is 0 Å². The number of sulfonamides is 1. The van der Waals surface area contributed by atoms with E-state index in [2.05, 4.69) is 10.2 Å². The number of H-pyrrole nitrogens is 1. The van der Waals surface area contributed by atoms with Crippen LogP contribution in [0.1, 0.15) is 0 Å². The molecule has 0 saturated carbocycles. The standard InChI is InChI=1S/C10H10FN3O2S/c1-14(9-4-2-8(11)3-5-9)17(15,16)10-6-7-12-13-10/h2-7H,1H3,(H,12,13). The zero-order valence-corrected chi connectivity index (χ0v) is 9.78. The highest BCUT2D eigenvalue weighted by atomic mass is 32.2. The van der Waals surface area contributed by atoms with Gasteiger partial charge in [0, 0.05) is 7.05 Å². The SMILES string of the molecule is CN(c1ccc(F)cc1)S(=O)(=O)c1ccn[nH]1. The monoisotopic (exact) mass is 255 g/mol. The summed E-state index contributed by atoms with van der Waals surface area (Å²) in [6.07, 6.45) is 1.35. The first kappa shape index (κ1) is 11.6. The molecular weight excluding hydrogens is 245 g/mol. The third-order valence-corrected chi connectivity index (χ3v) is 4.02. The Morgan fingerprint density at radius 1 is 1.24 bits per heavy atom. The van der Waals surface area contributed by atoms with E-state index in [1.165, 1.54) is 43.6 Å². The maximum Gasteiger partial charge on any atom is 0.281 e. The fourth-order valence-corrected chi connectivity index (χ4v) is 2.42. The molecule has 0 saturated heterocycles. The molecule has 0 atom stereocenters. The van der Waals surface area contributed by atoms with Crippen molar-refractivity contribution in [1.29, 1.82) is 0 Å². The largest absolute Gasteiger partial charge is 0.281 e. The minimum absolute atomic E-state index is 0.00988. The smallest absolute Gasteiger partial charge is 0.268 e. The Hall–Kier alpha value is -1.89. The molecule has 0 aliphatic heterocycles. The molecule has 1 heterocycles. The third-order valence-electron chi connectivity index (χ3n) is 2.30. The lowest BCUT2D eigenvalue weighted by atomic mass is 10.3. The van der Waals surface area contributed by atoms with Gasteiger partial charge in [0.05, 0.1) is 11.9 Å². The van der Waals surface area contributed by atoms with Crippen molar-refractivity contribution in [3.8, 4) is 0 Å². The first-order chi connectivity index (χ1) is 8.01. The lowest BCUT2D eigenvalue weighted by Crippen LogP contribution is -2.26. The normalized spacial score (nSPS) is 11.4. The van der Waals surface area contributed by atoms with Crippen molar-refractivity contribution in [2.75, 3.05) is 11.4 Å². The minimum atomic E-state index is -3.67. The van der Waals surface area contributed by atoms with Crippen LogP contribution in [0.25, 0.3) is 0 Å². The second-order valence-electron chi connectivity index (χ2n) is 3.37. The highest BCUT2D eigenvalue weighted by Gasteiger charge is 2.22. The maximum absolute atomic E-state index is 12.7. The summed E-state index contributed by atoms with van der Waals surface area (Å²) in [4.78, 5) is 0. The Kier molecular flexibility index (Phi) is 2.84. The number of aromatic nitrogens is 2. The van der Waals surface area contributed by atoms with Crippen LogP contribution in [0.3, 0.4) is 0 Å². The summed E-state index contributed by atoms with van der Waals surface area (Å²) < 4.78 is 37.9. The van der Waals surface area contributed by atoms with Gasteiger partial charge in [0.25, 0.3) is 10.0 Å². The lowest BCUT2D eigenvalue weighted by Gasteiger charge is -2.17. The first-order valence-electron chi connectivity index (χ1n) is 4.76. The predicted molar refractivity (Wildman–Crippen MR) is 60.6 cm³/mol. The van der Waals surface area contributed by atoms with Crippen LogP contribution in [0.2, 0.25) is 0 Å². The van der Waals surface area contributed by atoms with Crippen LogP contribution in [0, 0.1) is 5.82 Å². The van der Waals surface area contributed by atoms with Gasteiger partial charge in [-0.25, -0.2) is 4.39 Å². The molecule has 17 heavy (non-hydrogen) atoms. The van der Waals surface area contributed by atoms with Gasteiger partial charge in [-0.3, -0.25) is 9.40 Å². The average Bonchev–Trinajstić information content (AvgIpc) is 2.83. The van der Waals surface area contributed by atoms with Crippen molar-refractivity contribution in [3.63, 3.8) is 0 Å². The van der Waals surface area contributed by atoms with Gasteiger partial charge in [-0.15, -0.1) is 0 Å². The van der Waals surface area contributed by atoms with Gasteiger partial charge < -0.3 is 0 Å². The predicted octanol–water partition coefficient (Wildman–Crippen LogP) is 1.37. The van der Waals surface area contributed by atoms with Crippen LogP contribution in [-0.4, -0.2) is 25.7 Å². The molecule has 1 N–H and O–H groups in total. The molecule has 90 valence electrons. The fourth-order valence-electron chi connectivity index (χ4n) is 1.32. The van der Waals surface area contributed by atoms with Crippen LogP contribution < -0.4 is 4.31 Å². The van der Waals surface area contributed by atoms with Gasteiger partial charge in [-0.1, -0.05) is 0 Å². The number of benzene rings is 1. The zero-order valence-electron chi connectivity index (χ0n) is 8.96. The van der Waals surface area contributed by atoms with E-state index in [-0.39, 0.29) is 5.03 Å². The summed E-state index contributed by atoms with van der Waals surface area (Å²) in [5.41, 5.74) is 0.376. The van der Waals surface area contributed by atoms with Gasteiger partial charge in [0.1, 0.15) is 5.82 Å². The fraction of sp³-hybridized carbons (Fsp3) is 0.100. The molecular formula is C10H10FN3O2S.